The molecule has 8 heteroatoms. The van der Waals surface area contributed by atoms with Crippen LogP contribution in [0.1, 0.15) is 35.3 Å². The molecule has 1 atom stereocenters. The number of carbonyl (C=O) groups is 1. The molecule has 0 aromatic heterocycles. The third kappa shape index (κ3) is 8.98. The lowest BCUT2D eigenvalue weighted by molar-refractivity contribution is -0.131. The molecule has 0 aliphatic carbocycles. The lowest BCUT2D eigenvalue weighted by Gasteiger charge is -2.15. The molecule has 4 N–H and O–H groups in total. The summed E-state index contributed by atoms with van der Waals surface area (Å²) in [6.07, 6.45) is 0.0279. The van der Waals surface area contributed by atoms with Crippen LogP contribution in [0.15, 0.2) is 66.7 Å². The highest BCUT2D eigenvalue weighted by molar-refractivity contribution is 5.69. The number of phenols is 1. The summed E-state index contributed by atoms with van der Waals surface area (Å²) in [7, 11) is 0. The topological polar surface area (TPSA) is 117 Å². The third-order valence-electron chi connectivity index (χ3n) is 5.42. The van der Waals surface area contributed by atoms with Crippen molar-refractivity contribution in [2.24, 2.45) is 0 Å². The van der Waals surface area contributed by atoms with Gasteiger partial charge in [0.15, 0.2) is 0 Å². The molecule has 36 heavy (non-hydrogen) atoms. The summed E-state index contributed by atoms with van der Waals surface area (Å²) < 4.78 is 16.3. The predicted molar refractivity (Wildman–Crippen MR) is 135 cm³/mol. The number of carbonyl (C=O) groups excluding carboxylic acids is 1. The minimum absolute atomic E-state index is 0.225. The van der Waals surface area contributed by atoms with Gasteiger partial charge < -0.3 is 34.8 Å². The van der Waals surface area contributed by atoms with E-state index in [1.165, 1.54) is 6.92 Å². The van der Waals surface area contributed by atoms with E-state index in [0.717, 1.165) is 23.3 Å². The molecule has 3 aromatic rings. The summed E-state index contributed by atoms with van der Waals surface area (Å²) in [5, 5.41) is 32.7. The van der Waals surface area contributed by atoms with Crippen molar-refractivity contribution in [3.8, 4) is 17.2 Å². The normalized spacial score (nSPS) is 11.8. The van der Waals surface area contributed by atoms with Gasteiger partial charge in [0.25, 0.3) is 0 Å². The van der Waals surface area contributed by atoms with Gasteiger partial charge in [-0.2, -0.15) is 0 Å². The van der Waals surface area contributed by atoms with Crippen LogP contribution in [-0.2, 0) is 29.2 Å². The van der Waals surface area contributed by atoms with Crippen molar-refractivity contribution in [3.63, 3.8) is 0 Å². The fourth-order valence-electron chi connectivity index (χ4n) is 3.58. The van der Waals surface area contributed by atoms with E-state index in [0.29, 0.717) is 49.8 Å². The maximum atomic E-state index is 11.2. The first-order valence-corrected chi connectivity index (χ1v) is 11.8. The molecule has 0 aliphatic heterocycles. The first kappa shape index (κ1) is 27.2. The van der Waals surface area contributed by atoms with E-state index in [-0.39, 0.29) is 12.4 Å². The van der Waals surface area contributed by atoms with Crippen molar-refractivity contribution >= 4 is 5.97 Å². The summed E-state index contributed by atoms with van der Waals surface area (Å²) >= 11 is 0. The van der Waals surface area contributed by atoms with Crippen LogP contribution in [0.5, 0.6) is 17.2 Å². The maximum Gasteiger partial charge on any atom is 0.308 e. The fraction of sp³-hybridized carbons (Fsp3) is 0.321. The molecule has 0 spiro atoms. The van der Waals surface area contributed by atoms with Gasteiger partial charge >= 0.3 is 5.97 Å². The van der Waals surface area contributed by atoms with Gasteiger partial charge in [-0.15, -0.1) is 0 Å². The minimum atomic E-state index is -0.757. The predicted octanol–water partition coefficient (Wildman–Crippen LogP) is 3.27. The van der Waals surface area contributed by atoms with Gasteiger partial charge in [-0.05, 0) is 66.1 Å². The molecular formula is C28H33NO7. The number of aromatic hydroxyl groups is 1. The molecule has 192 valence electrons. The molecule has 0 unspecified atom stereocenters. The average molecular weight is 496 g/mol. The van der Waals surface area contributed by atoms with E-state index >= 15 is 0 Å². The number of benzene rings is 3. The lowest BCUT2D eigenvalue weighted by atomic mass is 10.0. The molecule has 0 fully saturated rings. The molecule has 0 amide bonds. The van der Waals surface area contributed by atoms with Gasteiger partial charge in [0.05, 0.1) is 25.9 Å². The summed E-state index contributed by atoms with van der Waals surface area (Å²) in [4.78, 5) is 11.2. The SMILES string of the molecule is CC(=O)Oc1ccc([C@@H](O)CNCCc2ccc(OCCOCc3cccc(O)c3)cc2)cc1CO. The van der Waals surface area contributed by atoms with Crippen LogP contribution in [0.2, 0.25) is 0 Å². The highest BCUT2D eigenvalue weighted by atomic mass is 16.5. The molecule has 8 nitrogen and oxygen atoms in total. The molecule has 3 rings (SSSR count). The number of hydrogen-bond donors (Lipinski definition) is 4. The standard InChI is InChI=1S/C28H33NO7/c1-20(31)36-28-10-7-23(16-24(28)18-30)27(33)17-29-12-11-21-5-8-26(9-6-21)35-14-13-34-19-22-3-2-4-25(32)15-22/h2-10,15-16,27,29-30,32-33H,11-14,17-19H2,1H3/t27-/m0/s1. The lowest BCUT2D eigenvalue weighted by Crippen LogP contribution is -2.24. The number of aliphatic hydroxyl groups is 2. The van der Waals surface area contributed by atoms with Crippen LogP contribution in [0, 0.1) is 0 Å². The van der Waals surface area contributed by atoms with E-state index in [1.54, 1.807) is 36.4 Å². The van der Waals surface area contributed by atoms with Crippen molar-refractivity contribution in [3.05, 3.63) is 89.0 Å². The Labute approximate surface area is 211 Å². The van der Waals surface area contributed by atoms with Gasteiger partial charge in [-0.25, -0.2) is 0 Å². The zero-order chi connectivity index (χ0) is 25.8. The van der Waals surface area contributed by atoms with Crippen LogP contribution in [0.4, 0.5) is 0 Å². The highest BCUT2D eigenvalue weighted by Gasteiger charge is 2.12. The third-order valence-corrected chi connectivity index (χ3v) is 5.42. The molecule has 0 saturated carbocycles. The number of esters is 1. The molecule has 0 heterocycles. The van der Waals surface area contributed by atoms with Crippen LogP contribution < -0.4 is 14.8 Å². The van der Waals surface area contributed by atoms with Gasteiger partial charge in [0.1, 0.15) is 23.9 Å². The molecule has 3 aromatic carbocycles. The Balaban J connectivity index is 1.33. The number of aliphatic hydroxyl groups excluding tert-OH is 2. The van der Waals surface area contributed by atoms with Crippen LogP contribution in [0.3, 0.4) is 0 Å². The number of hydrogen-bond acceptors (Lipinski definition) is 8. The van der Waals surface area contributed by atoms with Gasteiger partial charge in [0, 0.05) is 19.0 Å². The number of ether oxygens (including phenoxy) is 3. The smallest absolute Gasteiger partial charge is 0.308 e. The summed E-state index contributed by atoms with van der Waals surface area (Å²) in [5.74, 6) is 0.819. The van der Waals surface area contributed by atoms with E-state index < -0.39 is 12.1 Å². The number of phenolic OH excluding ortho intramolecular Hbond substituents is 1. The number of nitrogens with one attached hydrogen (secondary N) is 1. The van der Waals surface area contributed by atoms with Gasteiger partial charge in [0.2, 0.25) is 0 Å². The van der Waals surface area contributed by atoms with Crippen LogP contribution in [0.25, 0.3) is 0 Å². The maximum absolute atomic E-state index is 11.2. The van der Waals surface area contributed by atoms with Crippen molar-refractivity contribution in [1.82, 2.24) is 5.32 Å². The Morgan fingerprint density at radius 1 is 1.00 bits per heavy atom. The van der Waals surface area contributed by atoms with Crippen LogP contribution in [-0.4, -0.2) is 47.6 Å². The Hall–Kier alpha value is -3.43. The Morgan fingerprint density at radius 2 is 1.81 bits per heavy atom. The monoisotopic (exact) mass is 495 g/mol. The Morgan fingerprint density at radius 3 is 2.53 bits per heavy atom. The second kappa shape index (κ2) is 14.2. The number of rotatable bonds is 14. The van der Waals surface area contributed by atoms with Gasteiger partial charge in [-0.3, -0.25) is 4.79 Å². The minimum Gasteiger partial charge on any atom is -0.508 e. The van der Waals surface area contributed by atoms with Crippen molar-refractivity contribution in [1.29, 1.82) is 0 Å². The van der Waals surface area contributed by atoms with Crippen molar-refractivity contribution in [2.75, 3.05) is 26.3 Å². The fourth-order valence-corrected chi connectivity index (χ4v) is 3.58. The van der Waals surface area contributed by atoms with E-state index in [2.05, 4.69) is 5.32 Å². The van der Waals surface area contributed by atoms with Crippen molar-refractivity contribution in [2.45, 2.75) is 32.7 Å². The zero-order valence-corrected chi connectivity index (χ0v) is 20.4. The molecule has 0 aliphatic rings. The summed E-state index contributed by atoms with van der Waals surface area (Å²) in [5.41, 5.74) is 3.13. The highest BCUT2D eigenvalue weighted by Crippen LogP contribution is 2.24. The van der Waals surface area contributed by atoms with E-state index in [1.807, 2.05) is 30.3 Å². The Kier molecular flexibility index (Phi) is 10.7. The second-order valence-corrected chi connectivity index (χ2v) is 8.30. The largest absolute Gasteiger partial charge is 0.508 e. The summed E-state index contributed by atoms with van der Waals surface area (Å²) in [6.45, 7) is 3.32. The first-order valence-electron chi connectivity index (χ1n) is 11.8. The van der Waals surface area contributed by atoms with Crippen LogP contribution >= 0.6 is 0 Å². The molecule has 0 saturated heterocycles. The molecular weight excluding hydrogens is 462 g/mol. The second-order valence-electron chi connectivity index (χ2n) is 8.30. The van der Waals surface area contributed by atoms with Gasteiger partial charge in [-0.1, -0.05) is 30.3 Å². The molecule has 0 radical (unpaired) electrons. The Bertz CT molecular complexity index is 1100. The quantitative estimate of drug-likeness (QED) is 0.153. The average Bonchev–Trinajstić information content (AvgIpc) is 2.87. The van der Waals surface area contributed by atoms with E-state index in [9.17, 15) is 20.1 Å². The van der Waals surface area contributed by atoms with E-state index in [4.69, 9.17) is 14.2 Å². The van der Waals surface area contributed by atoms with Crippen molar-refractivity contribution < 1.29 is 34.3 Å². The summed E-state index contributed by atoms with van der Waals surface area (Å²) in [6, 6.07) is 19.7. The zero-order valence-electron chi connectivity index (χ0n) is 20.4. The first-order chi connectivity index (χ1) is 17.4. The molecule has 0 bridgehead atoms.